The summed E-state index contributed by atoms with van der Waals surface area (Å²) in [5.41, 5.74) is 0.563. The fourth-order valence-electron chi connectivity index (χ4n) is 1.97. The Morgan fingerprint density at radius 2 is 2.27 bits per heavy atom. The van der Waals surface area contributed by atoms with Crippen molar-refractivity contribution in [2.45, 2.75) is 37.9 Å². The third kappa shape index (κ3) is 2.37. The molecule has 1 aliphatic carbocycles. The number of amides is 1. The summed E-state index contributed by atoms with van der Waals surface area (Å²) in [6.45, 7) is 0. The quantitative estimate of drug-likeness (QED) is 0.770. The van der Waals surface area contributed by atoms with Crippen LogP contribution in [0.25, 0.3) is 0 Å². The second-order valence-corrected chi connectivity index (χ2v) is 3.98. The lowest BCUT2D eigenvalue weighted by atomic mass is 9.93. The Bertz CT molecular complexity index is 323. The maximum atomic E-state index is 13.4. The summed E-state index contributed by atoms with van der Waals surface area (Å²) in [5, 5.41) is 2.74. The monoisotopic (exact) mass is 210 g/mol. The lowest BCUT2D eigenvalue weighted by Crippen LogP contribution is -2.43. The second-order valence-electron chi connectivity index (χ2n) is 3.98. The van der Waals surface area contributed by atoms with Crippen molar-refractivity contribution < 1.29 is 9.18 Å². The predicted octanol–water partition coefficient (Wildman–Crippen LogP) is 2.03. The van der Waals surface area contributed by atoms with Crippen LogP contribution in [0, 0.1) is 0 Å². The Balaban J connectivity index is 1.93. The van der Waals surface area contributed by atoms with Gasteiger partial charge in [-0.1, -0.05) is 12.8 Å². The fraction of sp³-hybridized carbons (Fsp3) is 0.545. The average molecular weight is 210 g/mol. The van der Waals surface area contributed by atoms with Crippen LogP contribution in [0.5, 0.6) is 0 Å². The Morgan fingerprint density at radius 3 is 2.93 bits per heavy atom. The van der Waals surface area contributed by atoms with Crippen molar-refractivity contribution in [1.29, 1.82) is 0 Å². The van der Waals surface area contributed by atoms with E-state index >= 15 is 0 Å². The summed E-state index contributed by atoms with van der Waals surface area (Å²) < 4.78 is 13.4. The Labute approximate surface area is 88.1 Å². The van der Waals surface area contributed by atoms with E-state index in [1.807, 2.05) is 0 Å². The minimum absolute atomic E-state index is 0.189. The lowest BCUT2D eigenvalue weighted by Gasteiger charge is -2.26. The summed E-state index contributed by atoms with van der Waals surface area (Å²) in [6.07, 6.45) is 5.65. The molecule has 2 atom stereocenters. The van der Waals surface area contributed by atoms with Gasteiger partial charge in [0.25, 0.3) is 5.91 Å². The molecule has 0 bridgehead atoms. The number of H-pyrrole nitrogens is 1. The van der Waals surface area contributed by atoms with E-state index in [2.05, 4.69) is 10.3 Å². The lowest BCUT2D eigenvalue weighted by molar-refractivity contribution is 0.0884. The molecule has 1 aromatic rings. The summed E-state index contributed by atoms with van der Waals surface area (Å²) in [7, 11) is 0. The van der Waals surface area contributed by atoms with E-state index in [1.165, 1.54) is 0 Å². The molecule has 0 radical (unpaired) electrons. The van der Waals surface area contributed by atoms with E-state index in [1.54, 1.807) is 18.5 Å². The number of hydrogen-bond acceptors (Lipinski definition) is 1. The largest absolute Gasteiger partial charge is 0.367 e. The van der Waals surface area contributed by atoms with Gasteiger partial charge in [0.05, 0.1) is 11.6 Å². The molecule has 1 aliphatic rings. The second kappa shape index (κ2) is 4.47. The van der Waals surface area contributed by atoms with Crippen LogP contribution >= 0.6 is 0 Å². The van der Waals surface area contributed by atoms with Gasteiger partial charge in [0.15, 0.2) is 0 Å². The van der Waals surface area contributed by atoms with Gasteiger partial charge in [0.1, 0.15) is 6.17 Å². The third-order valence-electron chi connectivity index (χ3n) is 2.86. The number of halogens is 1. The Hall–Kier alpha value is -1.32. The highest BCUT2D eigenvalue weighted by Crippen LogP contribution is 2.21. The molecular formula is C11H15FN2O. The summed E-state index contributed by atoms with van der Waals surface area (Å²) in [4.78, 5) is 14.4. The van der Waals surface area contributed by atoms with Crippen molar-refractivity contribution in [2.24, 2.45) is 0 Å². The minimum atomic E-state index is -0.887. The molecule has 3 nitrogen and oxygen atoms in total. The van der Waals surface area contributed by atoms with E-state index in [-0.39, 0.29) is 11.9 Å². The van der Waals surface area contributed by atoms with Gasteiger partial charge in [-0.3, -0.25) is 4.79 Å². The summed E-state index contributed by atoms with van der Waals surface area (Å²) in [6, 6.07) is 1.38. The van der Waals surface area contributed by atoms with E-state index < -0.39 is 6.17 Å². The van der Waals surface area contributed by atoms with E-state index in [0.717, 1.165) is 19.3 Å². The van der Waals surface area contributed by atoms with Crippen LogP contribution in [-0.2, 0) is 0 Å². The maximum absolute atomic E-state index is 13.4. The maximum Gasteiger partial charge on any atom is 0.253 e. The van der Waals surface area contributed by atoms with Crippen LogP contribution in [0.2, 0.25) is 0 Å². The van der Waals surface area contributed by atoms with Crippen LogP contribution in [0.1, 0.15) is 36.0 Å². The average Bonchev–Trinajstić information content (AvgIpc) is 2.74. The molecule has 1 fully saturated rings. The number of alkyl halides is 1. The molecule has 82 valence electrons. The first-order valence-electron chi connectivity index (χ1n) is 5.35. The standard InChI is InChI=1S/C11H15FN2O/c12-9-3-1-2-4-10(9)14-11(15)8-5-6-13-7-8/h5-7,9-10,13H,1-4H2,(H,14,15)/t9-,10-/m1/s1. The number of carbonyl (C=O) groups is 1. The highest BCUT2D eigenvalue weighted by molar-refractivity contribution is 5.94. The molecule has 0 aromatic carbocycles. The van der Waals surface area contributed by atoms with Gasteiger partial charge in [-0.15, -0.1) is 0 Å². The molecule has 1 aromatic heterocycles. The number of rotatable bonds is 2. The zero-order chi connectivity index (χ0) is 10.7. The zero-order valence-corrected chi connectivity index (χ0v) is 8.50. The van der Waals surface area contributed by atoms with Gasteiger partial charge in [-0.05, 0) is 18.9 Å². The van der Waals surface area contributed by atoms with Crippen LogP contribution in [-0.4, -0.2) is 23.1 Å². The first-order valence-corrected chi connectivity index (χ1v) is 5.35. The normalized spacial score (nSPS) is 26.2. The smallest absolute Gasteiger partial charge is 0.253 e. The van der Waals surface area contributed by atoms with Crippen molar-refractivity contribution in [2.75, 3.05) is 0 Å². The van der Waals surface area contributed by atoms with E-state index in [9.17, 15) is 9.18 Å². The fourth-order valence-corrected chi connectivity index (χ4v) is 1.97. The predicted molar refractivity (Wildman–Crippen MR) is 55.4 cm³/mol. The van der Waals surface area contributed by atoms with Crippen molar-refractivity contribution in [3.05, 3.63) is 24.0 Å². The van der Waals surface area contributed by atoms with Crippen LogP contribution < -0.4 is 5.32 Å². The number of carbonyl (C=O) groups excluding carboxylic acids is 1. The van der Waals surface area contributed by atoms with Gasteiger partial charge in [-0.2, -0.15) is 0 Å². The van der Waals surface area contributed by atoms with Gasteiger partial charge in [0.2, 0.25) is 0 Å². The molecule has 0 unspecified atom stereocenters. The van der Waals surface area contributed by atoms with Crippen molar-refractivity contribution in [1.82, 2.24) is 10.3 Å². The molecular weight excluding hydrogens is 195 g/mol. The Kier molecular flexibility index (Phi) is 3.04. The van der Waals surface area contributed by atoms with E-state index in [0.29, 0.717) is 12.0 Å². The first-order chi connectivity index (χ1) is 7.27. The van der Waals surface area contributed by atoms with Crippen molar-refractivity contribution in [3.63, 3.8) is 0 Å². The zero-order valence-electron chi connectivity index (χ0n) is 8.50. The molecule has 1 saturated carbocycles. The highest BCUT2D eigenvalue weighted by atomic mass is 19.1. The number of hydrogen-bond donors (Lipinski definition) is 2. The van der Waals surface area contributed by atoms with Gasteiger partial charge < -0.3 is 10.3 Å². The first kappa shape index (κ1) is 10.2. The number of nitrogens with one attached hydrogen (secondary N) is 2. The van der Waals surface area contributed by atoms with E-state index in [4.69, 9.17) is 0 Å². The molecule has 1 amide bonds. The van der Waals surface area contributed by atoms with Gasteiger partial charge >= 0.3 is 0 Å². The summed E-state index contributed by atoms with van der Waals surface area (Å²) in [5.74, 6) is -0.189. The summed E-state index contributed by atoms with van der Waals surface area (Å²) >= 11 is 0. The molecule has 2 N–H and O–H groups in total. The van der Waals surface area contributed by atoms with Crippen LogP contribution in [0.3, 0.4) is 0 Å². The number of aromatic amines is 1. The topological polar surface area (TPSA) is 44.9 Å². The minimum Gasteiger partial charge on any atom is -0.367 e. The molecule has 2 rings (SSSR count). The van der Waals surface area contributed by atoms with Crippen LogP contribution in [0.4, 0.5) is 4.39 Å². The third-order valence-corrected chi connectivity index (χ3v) is 2.86. The molecule has 15 heavy (non-hydrogen) atoms. The molecule has 0 spiro atoms. The molecule has 4 heteroatoms. The number of aromatic nitrogens is 1. The van der Waals surface area contributed by atoms with Gasteiger partial charge in [-0.25, -0.2) is 4.39 Å². The molecule has 0 saturated heterocycles. The highest BCUT2D eigenvalue weighted by Gasteiger charge is 2.26. The SMILES string of the molecule is O=C(N[C@@H]1CCCC[C@H]1F)c1cc[nH]c1. The van der Waals surface area contributed by atoms with Crippen molar-refractivity contribution in [3.8, 4) is 0 Å². The van der Waals surface area contributed by atoms with Crippen LogP contribution in [0.15, 0.2) is 18.5 Å². The van der Waals surface area contributed by atoms with Gasteiger partial charge in [0, 0.05) is 12.4 Å². The Morgan fingerprint density at radius 1 is 1.47 bits per heavy atom. The van der Waals surface area contributed by atoms with Crippen molar-refractivity contribution >= 4 is 5.91 Å². The molecule has 0 aliphatic heterocycles. The molecule has 1 heterocycles.